The Balaban J connectivity index is 2.18. The van der Waals surface area contributed by atoms with Gasteiger partial charge in [0, 0.05) is 37.3 Å². The summed E-state index contributed by atoms with van der Waals surface area (Å²) in [5.41, 5.74) is 2.06. The minimum absolute atomic E-state index is 0.493. The van der Waals surface area contributed by atoms with Crippen LogP contribution in [0.4, 0.5) is 0 Å². The van der Waals surface area contributed by atoms with Gasteiger partial charge >= 0.3 is 5.97 Å². The molecule has 1 unspecified atom stereocenters. The maximum atomic E-state index is 11.2. The largest absolute Gasteiger partial charge is 0.493 e. The van der Waals surface area contributed by atoms with Crippen LogP contribution in [0.1, 0.15) is 25.0 Å². The Labute approximate surface area is 137 Å². The van der Waals surface area contributed by atoms with Gasteiger partial charge in [-0.1, -0.05) is 6.07 Å². The highest BCUT2D eigenvalue weighted by atomic mass is 16.5. The molecule has 0 saturated carbocycles. The number of carboxylic acid groups (broad SMARTS) is 1. The van der Waals surface area contributed by atoms with Gasteiger partial charge in [-0.15, -0.1) is 0 Å². The van der Waals surface area contributed by atoms with Crippen molar-refractivity contribution >= 4 is 5.97 Å². The number of hydrogen-bond acceptors (Lipinski definition) is 5. The zero-order valence-corrected chi connectivity index (χ0v) is 14.1. The van der Waals surface area contributed by atoms with Gasteiger partial charge in [-0.2, -0.15) is 0 Å². The van der Waals surface area contributed by atoms with Gasteiger partial charge in [-0.25, -0.2) is 0 Å². The molecule has 0 amide bonds. The Morgan fingerprint density at radius 3 is 2.74 bits per heavy atom. The molecule has 1 heterocycles. The molecule has 23 heavy (non-hydrogen) atoms. The molecule has 2 N–H and O–H groups in total. The number of piperazine rings is 1. The number of nitrogens with zero attached hydrogens (tertiary/aromatic N) is 1. The first kappa shape index (κ1) is 17.6. The lowest BCUT2D eigenvalue weighted by atomic mass is 10.1. The van der Waals surface area contributed by atoms with Crippen LogP contribution in [0.3, 0.4) is 0 Å². The van der Waals surface area contributed by atoms with Crippen LogP contribution in [0, 0.1) is 6.92 Å². The maximum absolute atomic E-state index is 11.2. The molecule has 128 valence electrons. The SMILES string of the molecule is CCOc1ccc(CN2CCNC(C(=O)O)C2)c(OCC)c1C. The summed E-state index contributed by atoms with van der Waals surface area (Å²) >= 11 is 0. The van der Waals surface area contributed by atoms with E-state index >= 15 is 0 Å². The van der Waals surface area contributed by atoms with Crippen molar-refractivity contribution in [2.24, 2.45) is 0 Å². The van der Waals surface area contributed by atoms with Crippen molar-refractivity contribution in [3.8, 4) is 11.5 Å². The molecule has 0 spiro atoms. The van der Waals surface area contributed by atoms with E-state index in [4.69, 9.17) is 9.47 Å². The molecule has 0 aromatic heterocycles. The summed E-state index contributed by atoms with van der Waals surface area (Å²) in [6.45, 7) is 9.78. The van der Waals surface area contributed by atoms with Gasteiger partial charge in [-0.05, 0) is 26.8 Å². The number of benzene rings is 1. The first-order chi connectivity index (χ1) is 11.1. The molecule has 1 fully saturated rings. The number of carbonyl (C=O) groups is 1. The van der Waals surface area contributed by atoms with Gasteiger partial charge in [0.05, 0.1) is 13.2 Å². The second kappa shape index (κ2) is 8.17. The second-order valence-electron chi connectivity index (χ2n) is 5.62. The van der Waals surface area contributed by atoms with E-state index in [1.807, 2.05) is 32.9 Å². The monoisotopic (exact) mass is 322 g/mol. The molecule has 1 aromatic rings. The van der Waals surface area contributed by atoms with Gasteiger partial charge < -0.3 is 19.9 Å². The van der Waals surface area contributed by atoms with E-state index in [0.717, 1.165) is 29.2 Å². The first-order valence-corrected chi connectivity index (χ1v) is 8.13. The Morgan fingerprint density at radius 2 is 2.09 bits per heavy atom. The Bertz CT molecular complexity index is 548. The predicted octanol–water partition coefficient (Wildman–Crippen LogP) is 1.65. The van der Waals surface area contributed by atoms with E-state index in [2.05, 4.69) is 10.2 Å². The highest BCUT2D eigenvalue weighted by Crippen LogP contribution is 2.32. The van der Waals surface area contributed by atoms with Crippen molar-refractivity contribution in [1.82, 2.24) is 10.2 Å². The topological polar surface area (TPSA) is 71.0 Å². The molecule has 1 atom stereocenters. The lowest BCUT2D eigenvalue weighted by Crippen LogP contribution is -2.53. The van der Waals surface area contributed by atoms with Crippen LogP contribution in [0.2, 0.25) is 0 Å². The third-order valence-corrected chi connectivity index (χ3v) is 3.98. The van der Waals surface area contributed by atoms with Gasteiger partial charge in [-0.3, -0.25) is 9.69 Å². The minimum Gasteiger partial charge on any atom is -0.493 e. The number of aliphatic carboxylic acids is 1. The van der Waals surface area contributed by atoms with Crippen molar-refractivity contribution in [3.63, 3.8) is 0 Å². The molecule has 2 rings (SSSR count). The zero-order valence-electron chi connectivity index (χ0n) is 14.1. The number of rotatable bonds is 7. The summed E-state index contributed by atoms with van der Waals surface area (Å²) in [5.74, 6) is 0.884. The van der Waals surface area contributed by atoms with Crippen LogP contribution in [0.5, 0.6) is 11.5 Å². The number of ether oxygens (including phenoxy) is 2. The molecule has 0 bridgehead atoms. The van der Waals surface area contributed by atoms with E-state index in [1.165, 1.54) is 0 Å². The average Bonchev–Trinajstić information content (AvgIpc) is 2.54. The van der Waals surface area contributed by atoms with Gasteiger partial charge in [0.2, 0.25) is 0 Å². The molecule has 6 heteroatoms. The van der Waals surface area contributed by atoms with Crippen molar-refractivity contribution in [2.75, 3.05) is 32.8 Å². The fourth-order valence-corrected chi connectivity index (χ4v) is 2.87. The summed E-state index contributed by atoms with van der Waals surface area (Å²) in [5, 5.41) is 12.2. The van der Waals surface area contributed by atoms with E-state index in [9.17, 15) is 9.90 Å². The van der Waals surface area contributed by atoms with Gasteiger partial charge in [0.15, 0.2) is 0 Å². The molecule has 1 aliphatic rings. The van der Waals surface area contributed by atoms with Crippen molar-refractivity contribution in [2.45, 2.75) is 33.4 Å². The van der Waals surface area contributed by atoms with Crippen LogP contribution in [0.15, 0.2) is 12.1 Å². The molecular formula is C17H26N2O4. The van der Waals surface area contributed by atoms with Crippen molar-refractivity contribution < 1.29 is 19.4 Å². The molecular weight excluding hydrogens is 296 g/mol. The maximum Gasteiger partial charge on any atom is 0.322 e. The lowest BCUT2D eigenvalue weighted by molar-refractivity contribution is -0.140. The quantitative estimate of drug-likeness (QED) is 0.795. The Hall–Kier alpha value is -1.79. The van der Waals surface area contributed by atoms with Gasteiger partial charge in [0.1, 0.15) is 17.5 Å². The van der Waals surface area contributed by atoms with E-state index in [1.54, 1.807) is 0 Å². The Kier molecular flexibility index (Phi) is 6.24. The predicted molar refractivity (Wildman–Crippen MR) is 88.2 cm³/mol. The smallest absolute Gasteiger partial charge is 0.322 e. The van der Waals surface area contributed by atoms with Crippen molar-refractivity contribution in [3.05, 3.63) is 23.3 Å². The van der Waals surface area contributed by atoms with Gasteiger partial charge in [0.25, 0.3) is 0 Å². The zero-order chi connectivity index (χ0) is 16.8. The molecule has 0 radical (unpaired) electrons. The lowest BCUT2D eigenvalue weighted by Gasteiger charge is -2.32. The highest BCUT2D eigenvalue weighted by molar-refractivity contribution is 5.73. The standard InChI is InChI=1S/C17H26N2O4/c1-4-22-15-7-6-13(16(12(15)3)23-5-2)10-19-9-8-18-14(11-19)17(20)21/h6-7,14,18H,4-5,8-11H2,1-3H3,(H,20,21). The van der Waals surface area contributed by atoms with E-state index < -0.39 is 12.0 Å². The second-order valence-corrected chi connectivity index (χ2v) is 5.62. The molecule has 0 aliphatic carbocycles. The van der Waals surface area contributed by atoms with Crippen LogP contribution >= 0.6 is 0 Å². The summed E-state index contributed by atoms with van der Waals surface area (Å²) in [6.07, 6.45) is 0. The van der Waals surface area contributed by atoms with Crippen LogP contribution in [0.25, 0.3) is 0 Å². The summed E-state index contributed by atoms with van der Waals surface area (Å²) in [6, 6.07) is 3.47. The molecule has 6 nitrogen and oxygen atoms in total. The third kappa shape index (κ3) is 4.36. The van der Waals surface area contributed by atoms with Crippen LogP contribution in [-0.2, 0) is 11.3 Å². The molecule has 1 aromatic carbocycles. The van der Waals surface area contributed by atoms with E-state index in [0.29, 0.717) is 32.8 Å². The van der Waals surface area contributed by atoms with Crippen LogP contribution in [-0.4, -0.2) is 54.9 Å². The number of carboxylic acids is 1. The molecule has 1 aliphatic heterocycles. The van der Waals surface area contributed by atoms with Crippen LogP contribution < -0.4 is 14.8 Å². The fourth-order valence-electron chi connectivity index (χ4n) is 2.87. The van der Waals surface area contributed by atoms with E-state index in [-0.39, 0.29) is 0 Å². The normalized spacial score (nSPS) is 18.7. The average molecular weight is 322 g/mol. The third-order valence-electron chi connectivity index (χ3n) is 3.98. The fraction of sp³-hybridized carbons (Fsp3) is 0.588. The molecule has 1 saturated heterocycles. The first-order valence-electron chi connectivity index (χ1n) is 8.13. The van der Waals surface area contributed by atoms with Crippen molar-refractivity contribution in [1.29, 1.82) is 0 Å². The summed E-state index contributed by atoms with van der Waals surface area (Å²) in [7, 11) is 0. The minimum atomic E-state index is -0.803. The summed E-state index contributed by atoms with van der Waals surface area (Å²) < 4.78 is 11.5. The Morgan fingerprint density at radius 1 is 1.35 bits per heavy atom. The highest BCUT2D eigenvalue weighted by Gasteiger charge is 2.25. The number of hydrogen-bond donors (Lipinski definition) is 2. The summed E-state index contributed by atoms with van der Waals surface area (Å²) in [4.78, 5) is 13.3. The number of nitrogens with one attached hydrogen (secondary N) is 1.